The molecule has 0 aromatic rings. The van der Waals surface area contributed by atoms with Gasteiger partial charge in [0.15, 0.2) is 6.10 Å². The molecular weight excluding hydrogens is 593 g/mol. The molecule has 0 aliphatic carbocycles. The van der Waals surface area contributed by atoms with Gasteiger partial charge in [0.05, 0.1) is 13.2 Å². The fraction of sp³-hybridized carbons (Fsp3) is 0.829. The molecule has 0 amide bonds. The number of nitrogens with two attached hydrogens (primary N) is 1. The summed E-state index contributed by atoms with van der Waals surface area (Å²) in [5.41, 5.74) is 5.32. The van der Waals surface area contributed by atoms with Gasteiger partial charge in [0, 0.05) is 19.4 Å². The lowest BCUT2D eigenvalue weighted by Crippen LogP contribution is -2.29. The van der Waals surface area contributed by atoms with E-state index in [1.54, 1.807) is 0 Å². The summed E-state index contributed by atoms with van der Waals surface area (Å²) in [7, 11) is -4.37. The molecule has 0 spiro atoms. The lowest BCUT2D eigenvalue weighted by atomic mass is 10.1. The molecule has 0 fully saturated rings. The van der Waals surface area contributed by atoms with E-state index in [1.165, 1.54) is 44.9 Å². The second kappa shape index (κ2) is 32.4. The van der Waals surface area contributed by atoms with Crippen molar-refractivity contribution in [1.29, 1.82) is 0 Å². The molecular formula is C35H66NO8P. The van der Waals surface area contributed by atoms with Gasteiger partial charge in [0.25, 0.3) is 0 Å². The van der Waals surface area contributed by atoms with Crippen molar-refractivity contribution < 1.29 is 37.6 Å². The monoisotopic (exact) mass is 659 g/mol. The zero-order valence-electron chi connectivity index (χ0n) is 28.6. The van der Waals surface area contributed by atoms with Crippen LogP contribution in [-0.4, -0.2) is 49.3 Å². The predicted molar refractivity (Wildman–Crippen MR) is 183 cm³/mol. The van der Waals surface area contributed by atoms with Crippen LogP contribution in [0.5, 0.6) is 0 Å². The fourth-order valence-electron chi connectivity index (χ4n) is 4.61. The molecule has 0 heterocycles. The van der Waals surface area contributed by atoms with Crippen LogP contribution < -0.4 is 5.73 Å². The maximum absolute atomic E-state index is 12.5. The summed E-state index contributed by atoms with van der Waals surface area (Å²) in [5.74, 6) is -0.852. The van der Waals surface area contributed by atoms with Gasteiger partial charge in [-0.2, -0.15) is 0 Å². The number of unbranched alkanes of at least 4 members (excludes halogenated alkanes) is 16. The highest BCUT2D eigenvalue weighted by Crippen LogP contribution is 2.43. The van der Waals surface area contributed by atoms with Gasteiger partial charge < -0.3 is 20.1 Å². The molecule has 0 aliphatic heterocycles. The summed E-state index contributed by atoms with van der Waals surface area (Å²) in [5, 5.41) is 0. The molecule has 10 heteroatoms. The number of allylic oxidation sites excluding steroid dienone is 4. The van der Waals surface area contributed by atoms with Crippen LogP contribution in [0.25, 0.3) is 0 Å². The quantitative estimate of drug-likeness (QED) is 0.0306. The smallest absolute Gasteiger partial charge is 0.462 e. The summed E-state index contributed by atoms with van der Waals surface area (Å²) < 4.78 is 32.5. The van der Waals surface area contributed by atoms with Crippen molar-refractivity contribution in [3.63, 3.8) is 0 Å². The Kier molecular flexibility index (Phi) is 31.3. The normalized spacial score (nSPS) is 13.8. The second-order valence-electron chi connectivity index (χ2n) is 11.7. The highest BCUT2D eigenvalue weighted by atomic mass is 31.2. The van der Waals surface area contributed by atoms with Gasteiger partial charge in [-0.3, -0.25) is 18.6 Å². The largest absolute Gasteiger partial charge is 0.472 e. The molecule has 0 aliphatic rings. The number of esters is 2. The Labute approximate surface area is 274 Å². The van der Waals surface area contributed by atoms with E-state index in [9.17, 15) is 19.0 Å². The second-order valence-corrected chi connectivity index (χ2v) is 13.2. The van der Waals surface area contributed by atoms with Crippen molar-refractivity contribution in [3.8, 4) is 0 Å². The Morgan fingerprint density at radius 3 is 1.64 bits per heavy atom. The number of ether oxygens (including phenoxy) is 2. The number of phosphoric acid groups is 1. The van der Waals surface area contributed by atoms with E-state index in [4.69, 9.17) is 24.3 Å². The minimum atomic E-state index is -4.37. The number of rotatable bonds is 33. The van der Waals surface area contributed by atoms with Crippen LogP contribution in [-0.2, 0) is 32.7 Å². The number of carbonyl (C=O) groups excluding carboxylic acids is 2. The van der Waals surface area contributed by atoms with Crippen molar-refractivity contribution in [2.45, 2.75) is 161 Å². The average Bonchev–Trinajstić information content (AvgIpc) is 3.02. The summed E-state index contributed by atoms with van der Waals surface area (Å²) in [6, 6.07) is 0. The van der Waals surface area contributed by atoms with Crippen LogP contribution in [0.4, 0.5) is 0 Å². The summed E-state index contributed by atoms with van der Waals surface area (Å²) in [6.45, 7) is 3.63. The molecule has 45 heavy (non-hydrogen) atoms. The highest BCUT2D eigenvalue weighted by Gasteiger charge is 2.25. The molecule has 0 bridgehead atoms. The van der Waals surface area contributed by atoms with Gasteiger partial charge in [-0.1, -0.05) is 109 Å². The Balaban J connectivity index is 4.28. The maximum Gasteiger partial charge on any atom is 0.472 e. The standard InChI is InChI=1S/C35H66NO8P/c1-3-5-7-9-11-13-15-16-18-19-21-23-25-27-34(37)41-31-33(32-43-45(39,40)42-30-29-36)44-35(38)28-26-24-22-20-17-14-12-10-8-6-4-2/h10,12-13,15,33H,3-9,11,14,16-32,36H2,1-2H3,(H,39,40). The summed E-state index contributed by atoms with van der Waals surface area (Å²) >= 11 is 0. The van der Waals surface area contributed by atoms with Crippen LogP contribution >= 0.6 is 7.82 Å². The van der Waals surface area contributed by atoms with Gasteiger partial charge in [0.2, 0.25) is 0 Å². The Bertz CT molecular complexity index is 805. The van der Waals surface area contributed by atoms with Crippen LogP contribution in [0, 0.1) is 0 Å². The zero-order chi connectivity index (χ0) is 33.3. The van der Waals surface area contributed by atoms with Gasteiger partial charge in [-0.05, 0) is 57.8 Å². The van der Waals surface area contributed by atoms with Gasteiger partial charge in [-0.15, -0.1) is 0 Å². The van der Waals surface area contributed by atoms with Crippen molar-refractivity contribution in [2.75, 3.05) is 26.4 Å². The maximum atomic E-state index is 12.5. The first-order valence-corrected chi connectivity index (χ1v) is 19.3. The molecule has 2 atom stereocenters. The van der Waals surface area contributed by atoms with E-state index in [1.807, 2.05) is 0 Å². The van der Waals surface area contributed by atoms with E-state index in [0.717, 1.165) is 77.0 Å². The first kappa shape index (κ1) is 43.5. The lowest BCUT2D eigenvalue weighted by molar-refractivity contribution is -0.161. The minimum absolute atomic E-state index is 0.0514. The molecule has 2 unspecified atom stereocenters. The van der Waals surface area contributed by atoms with Crippen molar-refractivity contribution in [1.82, 2.24) is 0 Å². The molecule has 0 rings (SSSR count). The highest BCUT2D eigenvalue weighted by molar-refractivity contribution is 7.47. The van der Waals surface area contributed by atoms with E-state index in [2.05, 4.69) is 38.2 Å². The molecule has 0 aromatic heterocycles. The van der Waals surface area contributed by atoms with Gasteiger partial charge in [-0.25, -0.2) is 4.57 Å². The number of carbonyl (C=O) groups is 2. The molecule has 0 saturated heterocycles. The first-order chi connectivity index (χ1) is 21.8. The van der Waals surface area contributed by atoms with E-state index < -0.39 is 32.5 Å². The minimum Gasteiger partial charge on any atom is -0.462 e. The number of hydrogen-bond donors (Lipinski definition) is 2. The predicted octanol–water partition coefficient (Wildman–Crippen LogP) is 9.27. The fourth-order valence-corrected chi connectivity index (χ4v) is 5.37. The molecule has 9 nitrogen and oxygen atoms in total. The van der Waals surface area contributed by atoms with E-state index >= 15 is 0 Å². The van der Waals surface area contributed by atoms with Crippen molar-refractivity contribution in [2.24, 2.45) is 5.73 Å². The molecule has 264 valence electrons. The first-order valence-electron chi connectivity index (χ1n) is 17.8. The average molecular weight is 660 g/mol. The van der Waals surface area contributed by atoms with E-state index in [0.29, 0.717) is 6.42 Å². The summed E-state index contributed by atoms with van der Waals surface area (Å²) in [6.07, 6.45) is 30.7. The van der Waals surface area contributed by atoms with Crippen LogP contribution in [0.3, 0.4) is 0 Å². The number of hydrogen-bond acceptors (Lipinski definition) is 8. The molecule has 0 radical (unpaired) electrons. The Morgan fingerprint density at radius 2 is 1.11 bits per heavy atom. The topological polar surface area (TPSA) is 134 Å². The third kappa shape index (κ3) is 32.2. The number of phosphoric ester groups is 1. The molecule has 0 saturated carbocycles. The van der Waals surface area contributed by atoms with Gasteiger partial charge >= 0.3 is 19.8 Å². The third-order valence-electron chi connectivity index (χ3n) is 7.31. The van der Waals surface area contributed by atoms with Crippen molar-refractivity contribution >= 4 is 19.8 Å². The van der Waals surface area contributed by atoms with Crippen LogP contribution in [0.2, 0.25) is 0 Å². The van der Waals surface area contributed by atoms with Crippen molar-refractivity contribution in [3.05, 3.63) is 24.3 Å². The Hall–Kier alpha value is -1.51. The van der Waals surface area contributed by atoms with Gasteiger partial charge in [0.1, 0.15) is 6.61 Å². The summed E-state index contributed by atoms with van der Waals surface area (Å²) in [4.78, 5) is 34.6. The van der Waals surface area contributed by atoms with Crippen LogP contribution in [0.1, 0.15) is 155 Å². The molecule has 0 aromatic carbocycles. The lowest BCUT2D eigenvalue weighted by Gasteiger charge is -2.19. The molecule has 3 N–H and O–H groups in total. The zero-order valence-corrected chi connectivity index (χ0v) is 29.5. The third-order valence-corrected chi connectivity index (χ3v) is 8.29. The Morgan fingerprint density at radius 1 is 0.644 bits per heavy atom. The van der Waals surface area contributed by atoms with Crippen LogP contribution in [0.15, 0.2) is 24.3 Å². The SMILES string of the molecule is CCCCC=CCCCCCCCC(=O)OC(COC(=O)CCCCCCCC=CCCCCCC)COP(=O)(O)OCCN. The van der Waals surface area contributed by atoms with E-state index in [-0.39, 0.29) is 32.6 Å².